The molecule has 0 spiro atoms. The van der Waals surface area contributed by atoms with Gasteiger partial charge in [0.1, 0.15) is 17.6 Å². The zero-order chi connectivity index (χ0) is 22.1. The van der Waals surface area contributed by atoms with E-state index in [4.69, 9.17) is 14.2 Å². The smallest absolute Gasteiger partial charge is 0.191 e. The minimum absolute atomic E-state index is 0. The van der Waals surface area contributed by atoms with Crippen molar-refractivity contribution in [2.75, 3.05) is 34.4 Å². The van der Waals surface area contributed by atoms with Gasteiger partial charge in [0.15, 0.2) is 17.5 Å². The van der Waals surface area contributed by atoms with Crippen molar-refractivity contribution in [3.8, 4) is 17.2 Å². The van der Waals surface area contributed by atoms with Crippen LogP contribution >= 0.6 is 24.0 Å². The van der Waals surface area contributed by atoms with E-state index < -0.39 is 11.9 Å². The number of benzene rings is 2. The van der Waals surface area contributed by atoms with Crippen LogP contribution in [0, 0.1) is 5.82 Å². The second-order valence-corrected chi connectivity index (χ2v) is 6.60. The molecule has 2 aromatic rings. The number of hydrogen-bond acceptors (Lipinski definition) is 5. The fourth-order valence-corrected chi connectivity index (χ4v) is 2.94. The standard InChI is InChI=1S/C22H30FN3O4.HI/c1-6-24-22(26-14(2)15-7-9-21(30-5)18(23)11-15)25-13-19(27)17-12-16(28-3)8-10-20(17)29-4;/h7-12,14,19,27H,6,13H2,1-5H3,(H2,24,25,26);1H. The van der Waals surface area contributed by atoms with Crippen LogP contribution in [0.2, 0.25) is 0 Å². The molecule has 9 heteroatoms. The quantitative estimate of drug-likeness (QED) is 0.252. The van der Waals surface area contributed by atoms with Crippen LogP contribution in [0.3, 0.4) is 0 Å². The Kier molecular flexibility index (Phi) is 11.4. The van der Waals surface area contributed by atoms with Crippen molar-refractivity contribution in [1.29, 1.82) is 0 Å². The molecule has 0 aliphatic carbocycles. The lowest BCUT2D eigenvalue weighted by atomic mass is 10.1. The Labute approximate surface area is 200 Å². The maximum absolute atomic E-state index is 14.0. The first kappa shape index (κ1) is 26.8. The predicted octanol–water partition coefficient (Wildman–Crippen LogP) is 3.82. The monoisotopic (exact) mass is 547 g/mol. The number of nitrogens with one attached hydrogen (secondary N) is 2. The molecule has 0 aromatic heterocycles. The first-order chi connectivity index (χ1) is 14.4. The number of halogens is 2. The summed E-state index contributed by atoms with van der Waals surface area (Å²) in [5.74, 6) is 1.45. The van der Waals surface area contributed by atoms with E-state index in [1.807, 2.05) is 13.8 Å². The lowest BCUT2D eigenvalue weighted by molar-refractivity contribution is 0.182. The Morgan fingerprint density at radius 3 is 2.32 bits per heavy atom. The minimum Gasteiger partial charge on any atom is -0.497 e. The molecule has 0 saturated carbocycles. The predicted molar refractivity (Wildman–Crippen MR) is 130 cm³/mol. The summed E-state index contributed by atoms with van der Waals surface area (Å²) in [5.41, 5.74) is 1.33. The highest BCUT2D eigenvalue weighted by molar-refractivity contribution is 14.0. The van der Waals surface area contributed by atoms with E-state index in [2.05, 4.69) is 15.6 Å². The fourth-order valence-electron chi connectivity index (χ4n) is 2.94. The van der Waals surface area contributed by atoms with E-state index in [0.717, 1.165) is 5.56 Å². The second kappa shape index (κ2) is 13.2. The topological polar surface area (TPSA) is 84.3 Å². The first-order valence-electron chi connectivity index (χ1n) is 9.71. The number of aliphatic hydroxyl groups excluding tert-OH is 1. The van der Waals surface area contributed by atoms with Crippen molar-refractivity contribution in [2.24, 2.45) is 4.99 Å². The summed E-state index contributed by atoms with van der Waals surface area (Å²) in [6.45, 7) is 4.57. The number of aliphatic hydroxyl groups is 1. The van der Waals surface area contributed by atoms with Crippen LogP contribution in [-0.4, -0.2) is 45.5 Å². The van der Waals surface area contributed by atoms with E-state index in [-0.39, 0.29) is 42.3 Å². The molecule has 0 heterocycles. The van der Waals surface area contributed by atoms with Gasteiger partial charge in [-0.2, -0.15) is 0 Å². The van der Waals surface area contributed by atoms with E-state index in [1.165, 1.54) is 13.2 Å². The molecule has 172 valence electrons. The van der Waals surface area contributed by atoms with Crippen LogP contribution in [0.4, 0.5) is 4.39 Å². The van der Waals surface area contributed by atoms with Crippen LogP contribution in [0.1, 0.15) is 37.1 Å². The fraction of sp³-hybridized carbons (Fsp3) is 0.409. The molecule has 2 aromatic carbocycles. The van der Waals surface area contributed by atoms with Gasteiger partial charge >= 0.3 is 0 Å². The summed E-state index contributed by atoms with van der Waals surface area (Å²) in [4.78, 5) is 4.47. The molecule has 0 bridgehead atoms. The highest BCUT2D eigenvalue weighted by atomic mass is 127. The average molecular weight is 547 g/mol. The molecule has 0 aliphatic rings. The van der Waals surface area contributed by atoms with Crippen molar-refractivity contribution in [3.05, 3.63) is 53.3 Å². The number of rotatable bonds is 9. The van der Waals surface area contributed by atoms with Gasteiger partial charge in [-0.25, -0.2) is 4.39 Å². The van der Waals surface area contributed by atoms with Gasteiger partial charge in [0, 0.05) is 12.1 Å². The van der Waals surface area contributed by atoms with Crippen molar-refractivity contribution in [2.45, 2.75) is 26.0 Å². The highest BCUT2D eigenvalue weighted by Crippen LogP contribution is 2.29. The van der Waals surface area contributed by atoms with Crippen LogP contribution in [-0.2, 0) is 0 Å². The molecular formula is C22H31FIN3O4. The molecule has 2 unspecified atom stereocenters. The van der Waals surface area contributed by atoms with Gasteiger partial charge in [-0.3, -0.25) is 4.99 Å². The van der Waals surface area contributed by atoms with Crippen LogP contribution in [0.15, 0.2) is 41.4 Å². The van der Waals surface area contributed by atoms with Gasteiger partial charge in [-0.05, 0) is 49.7 Å². The van der Waals surface area contributed by atoms with Crippen molar-refractivity contribution in [1.82, 2.24) is 10.6 Å². The maximum atomic E-state index is 14.0. The van der Waals surface area contributed by atoms with E-state index in [9.17, 15) is 9.50 Å². The SMILES string of the molecule is CCNC(=NCC(O)c1cc(OC)ccc1OC)NC(C)c1ccc(OC)c(F)c1.I. The van der Waals surface area contributed by atoms with Gasteiger partial charge in [0.2, 0.25) is 0 Å². The molecule has 0 radical (unpaired) electrons. The molecule has 0 fully saturated rings. The third-order valence-corrected chi connectivity index (χ3v) is 4.59. The minimum atomic E-state index is -0.890. The van der Waals surface area contributed by atoms with Gasteiger partial charge in [0.25, 0.3) is 0 Å². The second-order valence-electron chi connectivity index (χ2n) is 6.60. The van der Waals surface area contributed by atoms with Crippen LogP contribution < -0.4 is 24.8 Å². The number of guanidine groups is 1. The van der Waals surface area contributed by atoms with Crippen molar-refractivity contribution in [3.63, 3.8) is 0 Å². The normalized spacial score (nSPS) is 12.9. The van der Waals surface area contributed by atoms with E-state index >= 15 is 0 Å². The summed E-state index contributed by atoms with van der Waals surface area (Å²) < 4.78 is 29.5. The number of methoxy groups -OCH3 is 3. The Morgan fingerprint density at radius 1 is 1.06 bits per heavy atom. The molecule has 2 atom stereocenters. The summed E-state index contributed by atoms with van der Waals surface area (Å²) in [6, 6.07) is 9.82. The van der Waals surface area contributed by atoms with Crippen molar-refractivity contribution < 1.29 is 23.7 Å². The molecular weight excluding hydrogens is 516 g/mol. The summed E-state index contributed by atoms with van der Waals surface area (Å²) in [7, 11) is 4.54. The van der Waals surface area contributed by atoms with E-state index in [1.54, 1.807) is 44.6 Å². The maximum Gasteiger partial charge on any atom is 0.191 e. The number of ether oxygens (including phenoxy) is 3. The summed E-state index contributed by atoms with van der Waals surface area (Å²) in [5, 5.41) is 17.0. The molecule has 7 nitrogen and oxygen atoms in total. The largest absolute Gasteiger partial charge is 0.497 e. The molecule has 0 saturated heterocycles. The lowest BCUT2D eigenvalue weighted by Crippen LogP contribution is -2.39. The Bertz CT molecular complexity index is 867. The Balaban J connectivity index is 0.00000480. The zero-order valence-corrected chi connectivity index (χ0v) is 20.8. The Morgan fingerprint density at radius 2 is 1.74 bits per heavy atom. The van der Waals surface area contributed by atoms with Gasteiger partial charge < -0.3 is 30.0 Å². The van der Waals surface area contributed by atoms with Crippen LogP contribution in [0.25, 0.3) is 0 Å². The molecule has 31 heavy (non-hydrogen) atoms. The zero-order valence-electron chi connectivity index (χ0n) is 18.4. The molecule has 0 amide bonds. The van der Waals surface area contributed by atoms with Gasteiger partial charge in [-0.15, -0.1) is 24.0 Å². The van der Waals surface area contributed by atoms with Crippen molar-refractivity contribution >= 4 is 29.9 Å². The number of aliphatic imine (C=N–C) groups is 1. The highest BCUT2D eigenvalue weighted by Gasteiger charge is 2.16. The summed E-state index contributed by atoms with van der Waals surface area (Å²) in [6.07, 6.45) is -0.890. The number of nitrogens with zero attached hydrogens (tertiary/aromatic N) is 1. The number of hydrogen-bond donors (Lipinski definition) is 3. The third kappa shape index (κ3) is 7.42. The molecule has 3 N–H and O–H groups in total. The molecule has 0 aliphatic heterocycles. The summed E-state index contributed by atoms with van der Waals surface area (Å²) >= 11 is 0. The third-order valence-electron chi connectivity index (χ3n) is 4.59. The van der Waals surface area contributed by atoms with Crippen LogP contribution in [0.5, 0.6) is 17.2 Å². The molecule has 2 rings (SSSR count). The first-order valence-corrected chi connectivity index (χ1v) is 9.71. The Hall–Kier alpha value is -2.27. The van der Waals surface area contributed by atoms with Gasteiger partial charge in [0.05, 0.1) is 33.9 Å². The average Bonchev–Trinajstić information content (AvgIpc) is 2.76. The lowest BCUT2D eigenvalue weighted by Gasteiger charge is -2.20. The van der Waals surface area contributed by atoms with E-state index in [0.29, 0.717) is 29.6 Å². The van der Waals surface area contributed by atoms with Gasteiger partial charge in [-0.1, -0.05) is 6.07 Å².